The summed E-state index contributed by atoms with van der Waals surface area (Å²) in [6, 6.07) is 1.73. The minimum absolute atomic E-state index is 0.0683. The summed E-state index contributed by atoms with van der Waals surface area (Å²) >= 11 is 1.72. The number of amides is 1. The molecule has 84 valence electrons. The molecule has 0 spiro atoms. The normalized spacial score (nSPS) is 12.5. The third kappa shape index (κ3) is 3.32. The summed E-state index contributed by atoms with van der Waals surface area (Å²) in [6.45, 7) is 6.66. The molecule has 0 radical (unpaired) electrons. The first-order valence-electron chi connectivity index (χ1n) is 5.13. The summed E-state index contributed by atoms with van der Waals surface area (Å²) < 4.78 is 0. The highest BCUT2D eigenvalue weighted by molar-refractivity contribution is 7.12. The molecule has 1 heterocycles. The average molecular weight is 226 g/mol. The molecular weight excluding hydrogens is 208 g/mol. The van der Waals surface area contributed by atoms with Crippen molar-refractivity contribution >= 4 is 17.2 Å². The Morgan fingerprint density at radius 1 is 1.60 bits per heavy atom. The first-order valence-corrected chi connectivity index (χ1v) is 5.95. The Morgan fingerprint density at radius 3 is 2.73 bits per heavy atom. The van der Waals surface area contributed by atoms with E-state index in [4.69, 9.17) is 5.73 Å². The molecule has 1 rings (SSSR count). The van der Waals surface area contributed by atoms with Crippen LogP contribution in [0.3, 0.4) is 0 Å². The summed E-state index contributed by atoms with van der Waals surface area (Å²) in [4.78, 5) is 13.9. The van der Waals surface area contributed by atoms with Crippen molar-refractivity contribution in [3.8, 4) is 0 Å². The van der Waals surface area contributed by atoms with E-state index in [1.54, 1.807) is 11.3 Å². The SMILES string of the molecule is CC[C@H](N)C(=O)NCc1cc(C)c(C)s1. The number of nitrogens with one attached hydrogen (secondary N) is 1. The van der Waals surface area contributed by atoms with Crippen LogP contribution >= 0.6 is 11.3 Å². The molecule has 0 aliphatic heterocycles. The monoisotopic (exact) mass is 226 g/mol. The molecule has 0 aromatic carbocycles. The van der Waals surface area contributed by atoms with Crippen LogP contribution in [0.1, 0.15) is 28.7 Å². The third-order valence-electron chi connectivity index (χ3n) is 2.43. The first-order chi connectivity index (χ1) is 7.04. The fourth-order valence-corrected chi connectivity index (χ4v) is 2.22. The number of rotatable bonds is 4. The van der Waals surface area contributed by atoms with Gasteiger partial charge < -0.3 is 11.1 Å². The van der Waals surface area contributed by atoms with Gasteiger partial charge in [0.15, 0.2) is 0 Å². The lowest BCUT2D eigenvalue weighted by molar-refractivity contribution is -0.122. The third-order valence-corrected chi connectivity index (χ3v) is 3.58. The van der Waals surface area contributed by atoms with Crippen molar-refractivity contribution in [3.63, 3.8) is 0 Å². The molecule has 0 fully saturated rings. The molecule has 0 bridgehead atoms. The molecule has 3 nitrogen and oxygen atoms in total. The van der Waals surface area contributed by atoms with Crippen molar-refractivity contribution in [1.29, 1.82) is 0 Å². The zero-order chi connectivity index (χ0) is 11.4. The molecule has 1 atom stereocenters. The molecule has 1 aromatic rings. The largest absolute Gasteiger partial charge is 0.350 e. The van der Waals surface area contributed by atoms with Crippen molar-refractivity contribution in [3.05, 3.63) is 21.4 Å². The van der Waals surface area contributed by atoms with Crippen molar-refractivity contribution in [2.75, 3.05) is 0 Å². The quantitative estimate of drug-likeness (QED) is 0.821. The van der Waals surface area contributed by atoms with Gasteiger partial charge in [-0.3, -0.25) is 4.79 Å². The van der Waals surface area contributed by atoms with E-state index < -0.39 is 0 Å². The first kappa shape index (κ1) is 12.2. The Balaban J connectivity index is 2.47. The van der Waals surface area contributed by atoms with Crippen molar-refractivity contribution in [2.24, 2.45) is 5.73 Å². The summed E-state index contributed by atoms with van der Waals surface area (Å²) in [5, 5.41) is 2.84. The molecule has 3 N–H and O–H groups in total. The van der Waals surface area contributed by atoms with E-state index in [2.05, 4.69) is 25.2 Å². The lowest BCUT2D eigenvalue weighted by Gasteiger charge is -2.08. The van der Waals surface area contributed by atoms with Gasteiger partial charge in [-0.25, -0.2) is 0 Å². The second-order valence-electron chi connectivity index (χ2n) is 3.68. The van der Waals surface area contributed by atoms with E-state index in [1.807, 2.05) is 6.92 Å². The van der Waals surface area contributed by atoms with Gasteiger partial charge >= 0.3 is 0 Å². The second-order valence-corrected chi connectivity index (χ2v) is 5.03. The van der Waals surface area contributed by atoms with Gasteiger partial charge in [0.2, 0.25) is 5.91 Å². The van der Waals surface area contributed by atoms with Crippen molar-refractivity contribution in [1.82, 2.24) is 5.32 Å². The summed E-state index contributed by atoms with van der Waals surface area (Å²) in [5.41, 5.74) is 6.89. The molecule has 0 unspecified atom stereocenters. The molecule has 15 heavy (non-hydrogen) atoms. The summed E-state index contributed by atoms with van der Waals surface area (Å²) in [7, 11) is 0. The maximum Gasteiger partial charge on any atom is 0.237 e. The van der Waals surface area contributed by atoms with Crippen LogP contribution in [0.5, 0.6) is 0 Å². The molecule has 0 saturated carbocycles. The molecule has 1 amide bonds. The van der Waals surface area contributed by atoms with Gasteiger partial charge in [0.05, 0.1) is 12.6 Å². The van der Waals surface area contributed by atoms with Gasteiger partial charge in [0.1, 0.15) is 0 Å². The maximum atomic E-state index is 11.4. The highest BCUT2D eigenvalue weighted by Crippen LogP contribution is 2.20. The Kier molecular flexibility index (Phi) is 4.29. The van der Waals surface area contributed by atoms with Crippen LogP contribution in [0.2, 0.25) is 0 Å². The van der Waals surface area contributed by atoms with Crippen LogP contribution in [-0.4, -0.2) is 11.9 Å². The number of carbonyl (C=O) groups excluding carboxylic acids is 1. The Bertz CT molecular complexity index is 327. The Hall–Kier alpha value is -0.870. The number of aryl methyl sites for hydroxylation is 2. The van der Waals surface area contributed by atoms with Gasteiger partial charge in [-0.15, -0.1) is 11.3 Å². The maximum absolute atomic E-state index is 11.4. The van der Waals surface area contributed by atoms with Crippen LogP contribution < -0.4 is 11.1 Å². The molecule has 4 heteroatoms. The molecule has 0 aliphatic rings. The van der Waals surface area contributed by atoms with E-state index in [1.165, 1.54) is 15.3 Å². The number of nitrogens with two attached hydrogens (primary N) is 1. The van der Waals surface area contributed by atoms with E-state index in [9.17, 15) is 4.79 Å². The van der Waals surface area contributed by atoms with Crippen LogP contribution in [0, 0.1) is 13.8 Å². The lowest BCUT2D eigenvalue weighted by Crippen LogP contribution is -2.39. The number of hydrogen-bond acceptors (Lipinski definition) is 3. The second kappa shape index (κ2) is 5.28. The summed E-state index contributed by atoms with van der Waals surface area (Å²) in [6.07, 6.45) is 0.675. The van der Waals surface area contributed by atoms with Crippen molar-refractivity contribution in [2.45, 2.75) is 39.8 Å². The Labute approximate surface area is 94.7 Å². The van der Waals surface area contributed by atoms with Gasteiger partial charge in [-0.2, -0.15) is 0 Å². The molecule has 0 aliphatic carbocycles. The van der Waals surface area contributed by atoms with E-state index in [0.717, 1.165) is 0 Å². The lowest BCUT2D eigenvalue weighted by atomic mass is 10.2. The fourth-order valence-electron chi connectivity index (χ4n) is 1.23. The predicted octanol–water partition coefficient (Wildman–Crippen LogP) is 1.72. The fraction of sp³-hybridized carbons (Fsp3) is 0.545. The zero-order valence-electron chi connectivity index (χ0n) is 9.46. The van der Waals surface area contributed by atoms with Gasteiger partial charge in [0, 0.05) is 9.75 Å². The van der Waals surface area contributed by atoms with Gasteiger partial charge in [0.25, 0.3) is 0 Å². The minimum Gasteiger partial charge on any atom is -0.350 e. The van der Waals surface area contributed by atoms with Crippen LogP contribution in [0.4, 0.5) is 0 Å². The number of thiophene rings is 1. The van der Waals surface area contributed by atoms with E-state index >= 15 is 0 Å². The predicted molar refractivity (Wildman–Crippen MR) is 63.9 cm³/mol. The topological polar surface area (TPSA) is 55.1 Å². The van der Waals surface area contributed by atoms with Crippen LogP contribution in [0.15, 0.2) is 6.07 Å². The van der Waals surface area contributed by atoms with Gasteiger partial charge in [-0.1, -0.05) is 6.92 Å². The molecule has 0 saturated heterocycles. The molecule has 1 aromatic heterocycles. The number of hydrogen-bond donors (Lipinski definition) is 2. The standard InChI is InChI=1S/C11H18N2OS/c1-4-10(12)11(14)13-6-9-5-7(2)8(3)15-9/h5,10H,4,6,12H2,1-3H3,(H,13,14)/t10-/m0/s1. The zero-order valence-corrected chi connectivity index (χ0v) is 10.3. The summed E-state index contributed by atoms with van der Waals surface area (Å²) in [5.74, 6) is -0.0683. The highest BCUT2D eigenvalue weighted by atomic mass is 32.1. The van der Waals surface area contributed by atoms with E-state index in [-0.39, 0.29) is 11.9 Å². The van der Waals surface area contributed by atoms with Gasteiger partial charge in [-0.05, 0) is 31.9 Å². The minimum atomic E-state index is -0.382. The van der Waals surface area contributed by atoms with Crippen molar-refractivity contribution < 1.29 is 4.79 Å². The average Bonchev–Trinajstić information content (AvgIpc) is 2.54. The highest BCUT2D eigenvalue weighted by Gasteiger charge is 2.10. The Morgan fingerprint density at radius 2 is 2.27 bits per heavy atom. The smallest absolute Gasteiger partial charge is 0.237 e. The molecular formula is C11H18N2OS. The van der Waals surface area contributed by atoms with Crippen LogP contribution in [0.25, 0.3) is 0 Å². The van der Waals surface area contributed by atoms with E-state index in [0.29, 0.717) is 13.0 Å². The number of carbonyl (C=O) groups is 1. The van der Waals surface area contributed by atoms with Crippen LogP contribution in [-0.2, 0) is 11.3 Å².